The number of aryl methyl sites for hydroxylation is 1. The molecule has 26 heavy (non-hydrogen) atoms. The number of aliphatic carboxylic acids is 1. The number of unbranched alkanes of at least 4 members (excludes halogenated alkanes) is 5. The van der Waals surface area contributed by atoms with Crippen molar-refractivity contribution in [3.63, 3.8) is 0 Å². The zero-order chi connectivity index (χ0) is 19.2. The lowest BCUT2D eigenvalue weighted by Gasteiger charge is -2.22. The van der Waals surface area contributed by atoms with Gasteiger partial charge in [-0.2, -0.15) is 0 Å². The third kappa shape index (κ3) is 5.60. The van der Waals surface area contributed by atoms with Gasteiger partial charge in [0, 0.05) is 10.0 Å². The van der Waals surface area contributed by atoms with Crippen LogP contribution in [-0.2, 0) is 20.7 Å². The van der Waals surface area contributed by atoms with E-state index in [9.17, 15) is 14.7 Å². The number of hydrogen-bond acceptors (Lipinski definition) is 4. The number of cyclic esters (lactones) is 1. The van der Waals surface area contributed by atoms with Crippen molar-refractivity contribution in [1.29, 1.82) is 0 Å². The SMILES string of the molecule is O=C1C[C@](O)(C(=O)O)[C@@H](CCCCCCCCc2ccc(Cl)cc2Cl)O1. The average Bonchev–Trinajstić information content (AvgIpc) is 2.87. The Hall–Kier alpha value is -1.30. The van der Waals surface area contributed by atoms with Gasteiger partial charge in [0.15, 0.2) is 0 Å². The van der Waals surface area contributed by atoms with E-state index in [1.807, 2.05) is 12.1 Å². The van der Waals surface area contributed by atoms with Gasteiger partial charge in [-0.05, 0) is 43.4 Å². The average molecular weight is 403 g/mol. The molecule has 1 aromatic carbocycles. The van der Waals surface area contributed by atoms with Crippen molar-refractivity contribution in [2.75, 3.05) is 0 Å². The summed E-state index contributed by atoms with van der Waals surface area (Å²) in [5.41, 5.74) is -0.971. The van der Waals surface area contributed by atoms with Crippen molar-refractivity contribution in [2.45, 2.75) is 69.5 Å². The summed E-state index contributed by atoms with van der Waals surface area (Å²) < 4.78 is 4.96. The maximum absolute atomic E-state index is 11.3. The molecule has 2 rings (SSSR count). The van der Waals surface area contributed by atoms with Crippen LogP contribution in [0, 0.1) is 0 Å². The molecule has 0 spiro atoms. The number of benzene rings is 1. The number of aliphatic hydroxyl groups is 1. The molecule has 7 heteroatoms. The Bertz CT molecular complexity index is 649. The second-order valence-electron chi connectivity index (χ2n) is 6.78. The molecule has 0 bridgehead atoms. The monoisotopic (exact) mass is 402 g/mol. The number of carbonyl (C=O) groups is 2. The molecule has 1 fully saturated rings. The first kappa shape index (κ1) is 21.0. The topological polar surface area (TPSA) is 83.8 Å². The molecule has 0 amide bonds. The third-order valence-corrected chi connectivity index (χ3v) is 5.36. The molecule has 1 aliphatic heterocycles. The summed E-state index contributed by atoms with van der Waals surface area (Å²) in [7, 11) is 0. The standard InChI is InChI=1S/C19H24Cl2O5/c20-14-10-9-13(15(21)11-14)7-5-3-1-2-4-6-8-16-19(25,18(23)24)12-17(22)26-16/h9-11,16,25H,1-8,12H2,(H,23,24)/t16-,19-/m1/s1. The Labute approximate surface area is 163 Å². The van der Waals surface area contributed by atoms with Gasteiger partial charge in [0.2, 0.25) is 5.60 Å². The Morgan fingerprint density at radius 3 is 2.46 bits per heavy atom. The van der Waals surface area contributed by atoms with Gasteiger partial charge in [-0.1, -0.05) is 55.0 Å². The minimum Gasteiger partial charge on any atom is -0.479 e. The maximum Gasteiger partial charge on any atom is 0.340 e. The van der Waals surface area contributed by atoms with Crippen molar-refractivity contribution in [3.8, 4) is 0 Å². The molecule has 0 radical (unpaired) electrons. The van der Waals surface area contributed by atoms with E-state index < -0.39 is 30.1 Å². The fourth-order valence-electron chi connectivity index (χ4n) is 3.22. The van der Waals surface area contributed by atoms with Crippen LogP contribution in [0.15, 0.2) is 18.2 Å². The second kappa shape index (κ2) is 9.58. The maximum atomic E-state index is 11.3. The van der Waals surface area contributed by atoms with Crippen LogP contribution < -0.4 is 0 Å². The van der Waals surface area contributed by atoms with Gasteiger partial charge >= 0.3 is 11.9 Å². The molecule has 0 saturated carbocycles. The van der Waals surface area contributed by atoms with E-state index >= 15 is 0 Å². The predicted octanol–water partition coefficient (Wildman–Crippen LogP) is 4.40. The summed E-state index contributed by atoms with van der Waals surface area (Å²) in [6.07, 6.45) is 5.70. The molecule has 0 unspecified atom stereocenters. The molecular weight excluding hydrogens is 379 g/mol. The molecule has 1 heterocycles. The molecule has 0 aliphatic carbocycles. The third-order valence-electron chi connectivity index (χ3n) is 4.77. The van der Waals surface area contributed by atoms with E-state index in [0.717, 1.165) is 50.5 Å². The number of halogens is 2. The van der Waals surface area contributed by atoms with Crippen LogP contribution in [0.3, 0.4) is 0 Å². The van der Waals surface area contributed by atoms with Gasteiger partial charge in [0.25, 0.3) is 0 Å². The Morgan fingerprint density at radius 2 is 1.81 bits per heavy atom. The van der Waals surface area contributed by atoms with Gasteiger partial charge in [-0.15, -0.1) is 0 Å². The lowest BCUT2D eigenvalue weighted by molar-refractivity contribution is -0.164. The van der Waals surface area contributed by atoms with Crippen LogP contribution in [0.4, 0.5) is 0 Å². The number of ether oxygens (including phenoxy) is 1. The van der Waals surface area contributed by atoms with Crippen LogP contribution in [0.25, 0.3) is 0 Å². The molecule has 1 aliphatic rings. The number of carboxylic acids is 1. The van der Waals surface area contributed by atoms with Crippen LogP contribution in [-0.4, -0.2) is 33.9 Å². The Morgan fingerprint density at radius 1 is 1.15 bits per heavy atom. The highest BCUT2D eigenvalue weighted by atomic mass is 35.5. The summed E-state index contributed by atoms with van der Waals surface area (Å²) >= 11 is 12.0. The van der Waals surface area contributed by atoms with Gasteiger partial charge in [-0.25, -0.2) is 4.79 Å². The summed E-state index contributed by atoms with van der Waals surface area (Å²) in [5, 5.41) is 20.5. The first-order chi connectivity index (χ1) is 12.3. The summed E-state index contributed by atoms with van der Waals surface area (Å²) in [5.74, 6) is -2.05. The highest BCUT2D eigenvalue weighted by Crippen LogP contribution is 2.31. The van der Waals surface area contributed by atoms with Crippen molar-refractivity contribution in [1.82, 2.24) is 0 Å². The lowest BCUT2D eigenvalue weighted by Crippen LogP contribution is -2.46. The number of esters is 1. The Balaban J connectivity index is 1.58. The number of hydrogen-bond donors (Lipinski definition) is 2. The van der Waals surface area contributed by atoms with E-state index in [-0.39, 0.29) is 0 Å². The predicted molar refractivity (Wildman–Crippen MR) is 99.6 cm³/mol. The molecule has 1 saturated heterocycles. The molecule has 0 aromatic heterocycles. The first-order valence-corrected chi connectivity index (χ1v) is 9.67. The highest BCUT2D eigenvalue weighted by Gasteiger charge is 2.53. The molecule has 2 atom stereocenters. The van der Waals surface area contributed by atoms with Crippen molar-refractivity contribution >= 4 is 35.1 Å². The largest absolute Gasteiger partial charge is 0.479 e. The zero-order valence-electron chi connectivity index (χ0n) is 14.5. The van der Waals surface area contributed by atoms with E-state index in [0.29, 0.717) is 16.5 Å². The summed E-state index contributed by atoms with van der Waals surface area (Å²) in [4.78, 5) is 22.4. The molecule has 2 N–H and O–H groups in total. The molecular formula is C19H24Cl2O5. The molecule has 5 nitrogen and oxygen atoms in total. The number of carbonyl (C=O) groups excluding carboxylic acids is 1. The summed E-state index contributed by atoms with van der Waals surface area (Å²) in [6, 6.07) is 5.56. The second-order valence-corrected chi connectivity index (χ2v) is 7.62. The van der Waals surface area contributed by atoms with Gasteiger partial charge < -0.3 is 14.9 Å². The molecule has 144 valence electrons. The smallest absolute Gasteiger partial charge is 0.340 e. The lowest BCUT2D eigenvalue weighted by atomic mass is 9.91. The van der Waals surface area contributed by atoms with Crippen molar-refractivity contribution in [2.24, 2.45) is 0 Å². The summed E-state index contributed by atoms with van der Waals surface area (Å²) in [6.45, 7) is 0. The fourth-order valence-corrected chi connectivity index (χ4v) is 3.72. The van der Waals surface area contributed by atoms with Crippen molar-refractivity contribution in [3.05, 3.63) is 33.8 Å². The van der Waals surface area contributed by atoms with Crippen LogP contribution >= 0.6 is 23.2 Å². The van der Waals surface area contributed by atoms with Crippen LogP contribution in [0.2, 0.25) is 10.0 Å². The van der Waals surface area contributed by atoms with E-state index in [1.165, 1.54) is 0 Å². The van der Waals surface area contributed by atoms with E-state index in [1.54, 1.807) is 6.07 Å². The molecule has 1 aromatic rings. The quantitative estimate of drug-likeness (QED) is 0.447. The van der Waals surface area contributed by atoms with Gasteiger partial charge in [-0.3, -0.25) is 4.79 Å². The minimum absolute atomic E-state index is 0.370. The van der Waals surface area contributed by atoms with Gasteiger partial charge in [0.05, 0.1) is 6.42 Å². The minimum atomic E-state index is -2.07. The fraction of sp³-hybridized carbons (Fsp3) is 0.579. The number of carboxylic acid groups (broad SMARTS) is 1. The van der Waals surface area contributed by atoms with E-state index in [4.69, 9.17) is 33.0 Å². The van der Waals surface area contributed by atoms with Crippen molar-refractivity contribution < 1.29 is 24.5 Å². The van der Waals surface area contributed by atoms with E-state index in [2.05, 4.69) is 0 Å². The highest BCUT2D eigenvalue weighted by molar-refractivity contribution is 6.35. The van der Waals surface area contributed by atoms with Gasteiger partial charge in [0.1, 0.15) is 6.10 Å². The van der Waals surface area contributed by atoms with Crippen LogP contribution in [0.5, 0.6) is 0 Å². The van der Waals surface area contributed by atoms with Crippen LogP contribution in [0.1, 0.15) is 56.9 Å². The number of rotatable bonds is 10. The normalized spacial score (nSPS) is 22.4. The Kier molecular flexibility index (Phi) is 7.74. The zero-order valence-corrected chi connectivity index (χ0v) is 16.1. The first-order valence-electron chi connectivity index (χ1n) is 8.92.